The van der Waals surface area contributed by atoms with Crippen LogP contribution in [0.1, 0.15) is 0 Å². The molecule has 0 fully saturated rings. The van der Waals surface area contributed by atoms with Crippen LogP contribution in [0, 0.1) is 0 Å². The van der Waals surface area contributed by atoms with Crippen LogP contribution >= 0.6 is 11.6 Å². The van der Waals surface area contributed by atoms with Gasteiger partial charge < -0.3 is 0 Å². The number of rotatable bonds is 4. The van der Waals surface area contributed by atoms with E-state index in [0.717, 1.165) is 27.5 Å². The van der Waals surface area contributed by atoms with Gasteiger partial charge in [-0.25, -0.2) is 4.98 Å². The van der Waals surface area contributed by atoms with E-state index >= 15 is 0 Å². The zero-order valence-electron chi connectivity index (χ0n) is 20.9. The highest BCUT2D eigenvalue weighted by molar-refractivity contribution is 6.28. The van der Waals surface area contributed by atoms with E-state index in [0.29, 0.717) is 11.6 Å². The summed E-state index contributed by atoms with van der Waals surface area (Å²) in [5.41, 5.74) is 6.43. The Hall–Kier alpha value is -4.86. The summed E-state index contributed by atoms with van der Waals surface area (Å²) in [6, 6.07) is 46.2. The molecule has 0 radical (unpaired) electrons. The number of benzene rings is 6. The first-order valence-corrected chi connectivity index (χ1v) is 13.2. The Kier molecular flexibility index (Phi) is 5.84. The largest absolute Gasteiger partial charge is 0.226 e. The van der Waals surface area contributed by atoms with Crippen LogP contribution in [0.5, 0.6) is 0 Å². The highest BCUT2D eigenvalue weighted by atomic mass is 35.5. The van der Waals surface area contributed by atoms with Gasteiger partial charge in [-0.1, -0.05) is 115 Å². The van der Waals surface area contributed by atoms with Crippen LogP contribution in [0.2, 0.25) is 5.28 Å². The van der Waals surface area contributed by atoms with Crippen LogP contribution in [0.25, 0.3) is 66.6 Å². The Morgan fingerprint density at radius 3 is 1.79 bits per heavy atom. The zero-order valence-corrected chi connectivity index (χ0v) is 21.7. The van der Waals surface area contributed by atoms with Gasteiger partial charge in [0, 0.05) is 11.1 Å². The van der Waals surface area contributed by atoms with Gasteiger partial charge in [0.15, 0.2) is 11.6 Å². The molecule has 7 aromatic rings. The van der Waals surface area contributed by atoms with Crippen LogP contribution in [0.15, 0.2) is 133 Å². The van der Waals surface area contributed by atoms with E-state index in [1.54, 1.807) is 0 Å². The molecule has 7 rings (SSSR count). The lowest BCUT2D eigenvalue weighted by molar-refractivity contribution is 1.07. The predicted molar refractivity (Wildman–Crippen MR) is 162 cm³/mol. The molecule has 0 aliphatic carbocycles. The summed E-state index contributed by atoms with van der Waals surface area (Å²) in [6.07, 6.45) is 0. The Morgan fingerprint density at radius 1 is 0.385 bits per heavy atom. The Morgan fingerprint density at radius 2 is 0.974 bits per heavy atom. The molecule has 1 aromatic heterocycles. The first-order chi connectivity index (χ1) is 19.2. The van der Waals surface area contributed by atoms with Crippen molar-refractivity contribution in [3.63, 3.8) is 0 Å². The molecule has 0 amide bonds. The molecular formula is C35H22ClN3. The normalized spacial score (nSPS) is 11.2. The summed E-state index contributed by atoms with van der Waals surface area (Å²) >= 11 is 6.43. The van der Waals surface area contributed by atoms with E-state index in [1.165, 1.54) is 27.5 Å². The van der Waals surface area contributed by atoms with Gasteiger partial charge in [-0.05, 0) is 73.6 Å². The highest BCUT2D eigenvalue weighted by Gasteiger charge is 2.12. The van der Waals surface area contributed by atoms with Gasteiger partial charge in [0.25, 0.3) is 0 Å². The summed E-state index contributed by atoms with van der Waals surface area (Å²) in [5, 5.41) is 4.85. The molecule has 0 aliphatic rings. The molecule has 0 atom stereocenters. The van der Waals surface area contributed by atoms with Crippen molar-refractivity contribution >= 4 is 33.1 Å². The highest BCUT2D eigenvalue weighted by Crippen LogP contribution is 2.32. The van der Waals surface area contributed by atoms with Gasteiger partial charge in [0.2, 0.25) is 5.28 Å². The van der Waals surface area contributed by atoms with Crippen LogP contribution < -0.4 is 0 Å². The minimum absolute atomic E-state index is 0.171. The maximum absolute atomic E-state index is 6.43. The number of hydrogen-bond acceptors (Lipinski definition) is 3. The summed E-state index contributed by atoms with van der Waals surface area (Å²) in [6.45, 7) is 0. The smallest absolute Gasteiger partial charge is 0.208 e. The number of aromatic nitrogens is 3. The fraction of sp³-hybridized carbons (Fsp3) is 0. The molecule has 0 unspecified atom stereocenters. The SMILES string of the molecule is Clc1nc(-c2cccc(-c3cccc4ccccc34)c2)nc(-c2ccc3cc(-c4ccccc4)ccc3c2)n1. The van der Waals surface area contributed by atoms with E-state index in [2.05, 4.69) is 119 Å². The molecule has 4 heteroatoms. The average Bonchev–Trinajstić information content (AvgIpc) is 3.00. The van der Waals surface area contributed by atoms with E-state index in [4.69, 9.17) is 16.6 Å². The number of nitrogens with zero attached hydrogens (tertiary/aromatic N) is 3. The van der Waals surface area contributed by atoms with Crippen molar-refractivity contribution < 1.29 is 0 Å². The minimum atomic E-state index is 0.171. The lowest BCUT2D eigenvalue weighted by Gasteiger charge is -2.10. The standard InChI is InChI=1S/C35H22ClN3/c36-35-38-33(29-13-6-12-28(22-29)32-15-7-11-24-10-4-5-14-31(24)32)37-34(39-35)30-19-18-26-20-25(16-17-27(26)21-30)23-8-2-1-3-9-23/h1-22H. The quantitative estimate of drug-likeness (QED) is 0.232. The van der Waals surface area contributed by atoms with Gasteiger partial charge in [0.05, 0.1) is 0 Å². The first kappa shape index (κ1) is 23.3. The average molecular weight is 520 g/mol. The third-order valence-electron chi connectivity index (χ3n) is 7.04. The second kappa shape index (κ2) is 9.79. The fourth-order valence-electron chi connectivity index (χ4n) is 5.11. The molecule has 0 aliphatic heterocycles. The molecule has 0 saturated carbocycles. The molecule has 0 bridgehead atoms. The van der Waals surface area contributed by atoms with Crippen LogP contribution in [0.4, 0.5) is 0 Å². The van der Waals surface area contributed by atoms with E-state index in [1.807, 2.05) is 24.3 Å². The van der Waals surface area contributed by atoms with E-state index in [9.17, 15) is 0 Å². The Labute approximate surface area is 231 Å². The molecule has 0 spiro atoms. The van der Waals surface area contributed by atoms with Gasteiger partial charge in [0.1, 0.15) is 0 Å². The summed E-state index contributed by atoms with van der Waals surface area (Å²) in [7, 11) is 0. The molecule has 6 aromatic carbocycles. The van der Waals surface area contributed by atoms with Crippen molar-refractivity contribution in [1.29, 1.82) is 0 Å². The topological polar surface area (TPSA) is 38.7 Å². The number of hydrogen-bond donors (Lipinski definition) is 0. The zero-order chi connectivity index (χ0) is 26.2. The van der Waals surface area contributed by atoms with Crippen LogP contribution in [-0.4, -0.2) is 15.0 Å². The first-order valence-electron chi connectivity index (χ1n) is 12.8. The molecule has 184 valence electrons. The molecule has 1 heterocycles. The lowest BCUT2D eigenvalue weighted by Crippen LogP contribution is -1.97. The third-order valence-corrected chi connectivity index (χ3v) is 7.20. The molecule has 0 N–H and O–H groups in total. The number of halogens is 1. The number of fused-ring (bicyclic) bond motifs is 2. The Balaban J connectivity index is 1.27. The van der Waals surface area contributed by atoms with Crippen molar-refractivity contribution in [2.75, 3.05) is 0 Å². The van der Waals surface area contributed by atoms with Crippen molar-refractivity contribution in [2.45, 2.75) is 0 Å². The summed E-state index contributed by atoms with van der Waals surface area (Å²) < 4.78 is 0. The maximum Gasteiger partial charge on any atom is 0.226 e. The maximum atomic E-state index is 6.43. The van der Waals surface area contributed by atoms with Gasteiger partial charge >= 0.3 is 0 Å². The molecule has 39 heavy (non-hydrogen) atoms. The van der Waals surface area contributed by atoms with Crippen LogP contribution in [0.3, 0.4) is 0 Å². The van der Waals surface area contributed by atoms with Gasteiger partial charge in [-0.3, -0.25) is 0 Å². The van der Waals surface area contributed by atoms with E-state index < -0.39 is 0 Å². The lowest BCUT2D eigenvalue weighted by atomic mass is 9.97. The second-order valence-electron chi connectivity index (χ2n) is 9.50. The van der Waals surface area contributed by atoms with Crippen molar-refractivity contribution in [1.82, 2.24) is 15.0 Å². The second-order valence-corrected chi connectivity index (χ2v) is 9.84. The summed E-state index contributed by atoms with van der Waals surface area (Å²) in [4.78, 5) is 13.8. The van der Waals surface area contributed by atoms with Crippen molar-refractivity contribution in [3.8, 4) is 45.0 Å². The van der Waals surface area contributed by atoms with Crippen molar-refractivity contribution in [2.24, 2.45) is 0 Å². The monoisotopic (exact) mass is 519 g/mol. The molecule has 3 nitrogen and oxygen atoms in total. The van der Waals surface area contributed by atoms with Gasteiger partial charge in [-0.2, -0.15) is 9.97 Å². The van der Waals surface area contributed by atoms with E-state index in [-0.39, 0.29) is 5.28 Å². The van der Waals surface area contributed by atoms with Crippen molar-refractivity contribution in [3.05, 3.63) is 139 Å². The molecule has 0 saturated heterocycles. The predicted octanol–water partition coefficient (Wildman–Crippen LogP) is 9.50. The minimum Gasteiger partial charge on any atom is -0.208 e. The van der Waals surface area contributed by atoms with Crippen LogP contribution in [-0.2, 0) is 0 Å². The fourth-order valence-corrected chi connectivity index (χ4v) is 5.27. The molecular weight excluding hydrogens is 498 g/mol. The Bertz CT molecular complexity index is 1980. The third kappa shape index (κ3) is 4.54. The summed E-state index contributed by atoms with van der Waals surface area (Å²) in [5.74, 6) is 1.10. The van der Waals surface area contributed by atoms with Gasteiger partial charge in [-0.15, -0.1) is 0 Å².